The molecule has 6 heteroatoms. The van der Waals surface area contributed by atoms with Gasteiger partial charge in [-0.2, -0.15) is 4.98 Å². The third-order valence-electron chi connectivity index (χ3n) is 4.93. The normalized spacial score (nSPS) is 27.3. The number of amides is 1. The summed E-state index contributed by atoms with van der Waals surface area (Å²) in [6.07, 6.45) is 9.57. The Bertz CT molecular complexity index is 519. The molecule has 0 bridgehead atoms. The fourth-order valence-electron chi connectivity index (χ4n) is 3.67. The van der Waals surface area contributed by atoms with Crippen molar-refractivity contribution >= 4 is 5.91 Å². The fourth-order valence-corrected chi connectivity index (χ4v) is 3.67. The van der Waals surface area contributed by atoms with Crippen LogP contribution in [0.2, 0.25) is 0 Å². The number of carbonyl (C=O) groups excluding carboxylic acids is 1. The molecule has 0 unspecified atom stereocenters. The molecule has 1 aliphatic heterocycles. The number of nitrogens with one attached hydrogen (secondary N) is 1. The quantitative estimate of drug-likeness (QED) is 0.918. The Morgan fingerprint density at radius 1 is 1.14 bits per heavy atom. The Balaban J connectivity index is 1.47. The summed E-state index contributed by atoms with van der Waals surface area (Å²) in [6, 6.07) is 1.19. The number of nitrogens with zero attached hydrogens (tertiary/aromatic N) is 3. The van der Waals surface area contributed by atoms with Crippen LogP contribution in [0, 0.1) is 0 Å². The van der Waals surface area contributed by atoms with Crippen molar-refractivity contribution in [1.29, 1.82) is 0 Å². The van der Waals surface area contributed by atoms with E-state index in [4.69, 9.17) is 4.52 Å². The molecule has 0 radical (unpaired) electrons. The zero-order valence-corrected chi connectivity index (χ0v) is 12.3. The van der Waals surface area contributed by atoms with Gasteiger partial charge in [0.15, 0.2) is 0 Å². The van der Waals surface area contributed by atoms with Crippen molar-refractivity contribution in [3.05, 3.63) is 11.7 Å². The van der Waals surface area contributed by atoms with Gasteiger partial charge >= 0.3 is 0 Å². The molecule has 0 aromatic carbocycles. The summed E-state index contributed by atoms with van der Waals surface area (Å²) >= 11 is 0. The average molecular weight is 290 g/mol. The second-order valence-electron chi connectivity index (χ2n) is 6.54. The first-order valence-corrected chi connectivity index (χ1v) is 8.21. The predicted molar refractivity (Wildman–Crippen MR) is 75.7 cm³/mol. The van der Waals surface area contributed by atoms with Crippen molar-refractivity contribution < 1.29 is 9.32 Å². The van der Waals surface area contributed by atoms with E-state index < -0.39 is 0 Å². The molecule has 2 aliphatic carbocycles. The van der Waals surface area contributed by atoms with Crippen LogP contribution in [0.1, 0.15) is 73.9 Å². The lowest BCUT2D eigenvalue weighted by Gasteiger charge is -2.27. The zero-order valence-electron chi connectivity index (χ0n) is 12.3. The van der Waals surface area contributed by atoms with E-state index in [9.17, 15) is 4.79 Å². The maximum absolute atomic E-state index is 12.0. The lowest BCUT2D eigenvalue weighted by atomic mass is 10.1. The summed E-state index contributed by atoms with van der Waals surface area (Å²) in [5, 5.41) is 6.78. The third-order valence-corrected chi connectivity index (χ3v) is 4.93. The minimum absolute atomic E-state index is 0.190. The van der Waals surface area contributed by atoms with E-state index in [0.29, 0.717) is 18.0 Å². The number of hydrogen-bond acceptors (Lipinski definition) is 5. The van der Waals surface area contributed by atoms with Gasteiger partial charge in [0.2, 0.25) is 5.89 Å². The van der Waals surface area contributed by atoms with E-state index in [1.165, 1.54) is 32.1 Å². The number of hydrogen-bond donors (Lipinski definition) is 1. The first-order chi connectivity index (χ1) is 10.3. The summed E-state index contributed by atoms with van der Waals surface area (Å²) in [4.78, 5) is 18.8. The van der Waals surface area contributed by atoms with Crippen molar-refractivity contribution in [1.82, 2.24) is 20.4 Å². The maximum atomic E-state index is 12.0. The van der Waals surface area contributed by atoms with E-state index in [0.717, 1.165) is 25.8 Å². The Morgan fingerprint density at radius 2 is 1.95 bits per heavy atom. The molecule has 1 atom stereocenters. The smallest absolute Gasteiger partial charge is 0.292 e. The number of carbonyl (C=O) groups is 1. The third kappa shape index (κ3) is 2.69. The summed E-state index contributed by atoms with van der Waals surface area (Å²) in [5.41, 5.74) is 0. The van der Waals surface area contributed by atoms with Gasteiger partial charge in [0, 0.05) is 12.1 Å². The maximum Gasteiger partial charge on any atom is 0.292 e. The Kier molecular flexibility index (Phi) is 3.41. The van der Waals surface area contributed by atoms with Crippen LogP contribution in [0.25, 0.3) is 0 Å². The number of aromatic nitrogens is 2. The lowest BCUT2D eigenvalue weighted by Crippen LogP contribution is -2.33. The minimum atomic E-state index is -0.196. The van der Waals surface area contributed by atoms with Gasteiger partial charge in [-0.05, 0) is 45.1 Å². The van der Waals surface area contributed by atoms with Crippen molar-refractivity contribution in [2.75, 3.05) is 6.54 Å². The second-order valence-corrected chi connectivity index (χ2v) is 6.54. The van der Waals surface area contributed by atoms with Crippen LogP contribution in [0.5, 0.6) is 0 Å². The molecule has 0 spiro atoms. The number of rotatable bonds is 4. The largest absolute Gasteiger partial charge is 0.346 e. The van der Waals surface area contributed by atoms with Gasteiger partial charge in [-0.25, -0.2) is 0 Å². The first kappa shape index (κ1) is 13.2. The molecular weight excluding hydrogens is 268 g/mol. The van der Waals surface area contributed by atoms with Crippen LogP contribution in [-0.4, -0.2) is 39.6 Å². The monoisotopic (exact) mass is 290 g/mol. The Morgan fingerprint density at radius 3 is 2.71 bits per heavy atom. The Labute approximate surface area is 124 Å². The van der Waals surface area contributed by atoms with E-state index in [1.807, 2.05) is 0 Å². The van der Waals surface area contributed by atoms with Gasteiger partial charge in [-0.1, -0.05) is 18.0 Å². The highest BCUT2D eigenvalue weighted by Gasteiger charge is 2.37. The minimum Gasteiger partial charge on any atom is -0.346 e. The van der Waals surface area contributed by atoms with Crippen LogP contribution in [-0.2, 0) is 0 Å². The molecule has 1 aromatic rings. The topological polar surface area (TPSA) is 71.3 Å². The summed E-state index contributed by atoms with van der Waals surface area (Å²) in [6.45, 7) is 1.11. The second kappa shape index (κ2) is 5.40. The van der Waals surface area contributed by atoms with Crippen LogP contribution in [0.15, 0.2) is 4.52 Å². The molecule has 1 amide bonds. The van der Waals surface area contributed by atoms with Crippen LogP contribution >= 0.6 is 0 Å². The van der Waals surface area contributed by atoms with Gasteiger partial charge in [-0.3, -0.25) is 9.69 Å². The van der Waals surface area contributed by atoms with Crippen LogP contribution in [0.3, 0.4) is 0 Å². The summed E-state index contributed by atoms with van der Waals surface area (Å²) in [5.74, 6) is 0.619. The summed E-state index contributed by atoms with van der Waals surface area (Å²) in [7, 11) is 0. The summed E-state index contributed by atoms with van der Waals surface area (Å²) < 4.78 is 5.40. The molecular formula is C15H22N4O2. The van der Waals surface area contributed by atoms with Crippen LogP contribution < -0.4 is 5.32 Å². The van der Waals surface area contributed by atoms with Gasteiger partial charge < -0.3 is 9.84 Å². The molecule has 3 aliphatic rings. The molecule has 1 aromatic heterocycles. The molecule has 1 saturated heterocycles. The van der Waals surface area contributed by atoms with Crippen LogP contribution in [0.4, 0.5) is 0 Å². The molecule has 4 rings (SSSR count). The molecule has 1 N–H and O–H groups in total. The molecule has 3 fully saturated rings. The Hall–Kier alpha value is -1.43. The molecule has 114 valence electrons. The van der Waals surface area contributed by atoms with Crippen molar-refractivity contribution in [2.45, 2.75) is 69.5 Å². The molecule has 2 heterocycles. The SMILES string of the molecule is O=C(NC1CC1)c1noc([C@H]2CCCN2C2CCCC2)n1. The average Bonchev–Trinajstić information content (AvgIpc) is 3.00. The highest BCUT2D eigenvalue weighted by Crippen LogP contribution is 2.37. The fraction of sp³-hybridized carbons (Fsp3) is 0.800. The van der Waals surface area contributed by atoms with Crippen molar-refractivity contribution in [3.8, 4) is 0 Å². The van der Waals surface area contributed by atoms with E-state index in [1.54, 1.807) is 0 Å². The highest BCUT2D eigenvalue weighted by molar-refractivity contribution is 5.90. The van der Waals surface area contributed by atoms with E-state index in [-0.39, 0.29) is 17.8 Å². The predicted octanol–water partition coefficient (Wildman–Crippen LogP) is 2.04. The molecule has 6 nitrogen and oxygen atoms in total. The first-order valence-electron chi connectivity index (χ1n) is 8.21. The van der Waals surface area contributed by atoms with E-state index in [2.05, 4.69) is 20.4 Å². The molecule has 21 heavy (non-hydrogen) atoms. The lowest BCUT2D eigenvalue weighted by molar-refractivity contribution is 0.0937. The zero-order chi connectivity index (χ0) is 14.2. The highest BCUT2D eigenvalue weighted by atomic mass is 16.5. The molecule has 2 saturated carbocycles. The standard InChI is InChI=1S/C15H22N4O2/c20-14(16-10-7-8-10)13-17-15(21-18-13)12-6-3-9-19(12)11-4-1-2-5-11/h10-12H,1-9H2,(H,16,20)/t12-/m1/s1. The van der Waals surface area contributed by atoms with Crippen molar-refractivity contribution in [2.24, 2.45) is 0 Å². The van der Waals surface area contributed by atoms with Gasteiger partial charge in [0.25, 0.3) is 11.7 Å². The van der Waals surface area contributed by atoms with Crippen molar-refractivity contribution in [3.63, 3.8) is 0 Å². The van der Waals surface area contributed by atoms with Gasteiger partial charge in [0.05, 0.1) is 6.04 Å². The van der Waals surface area contributed by atoms with Gasteiger partial charge in [0.1, 0.15) is 0 Å². The number of likely N-dealkylation sites (tertiary alicyclic amines) is 1. The van der Waals surface area contributed by atoms with E-state index >= 15 is 0 Å². The van der Waals surface area contributed by atoms with Gasteiger partial charge in [-0.15, -0.1) is 0 Å².